The number of benzene rings is 3. The summed E-state index contributed by atoms with van der Waals surface area (Å²) >= 11 is 6.04. The minimum atomic E-state index is 0.0416. The van der Waals surface area contributed by atoms with Gasteiger partial charge in [0.05, 0.1) is 22.9 Å². The lowest BCUT2D eigenvalue weighted by molar-refractivity contribution is -0.109. The highest BCUT2D eigenvalue weighted by Gasteiger charge is 2.10. The van der Waals surface area contributed by atoms with Crippen LogP contribution in [-0.2, 0) is 42.2 Å². The lowest BCUT2D eigenvalue weighted by atomic mass is 10.0. The second-order valence-electron chi connectivity index (χ2n) is 9.82. The second-order valence-corrected chi connectivity index (χ2v) is 15.0. The maximum Gasteiger partial charge on any atom is 0.186 e. The minimum Gasteiger partial charge on any atom is -0.288 e. The molecule has 0 spiro atoms. The van der Waals surface area contributed by atoms with Gasteiger partial charge in [-0.1, -0.05) is 82.9 Å². The normalized spacial score (nSPS) is 10.5. The molecule has 0 saturated carbocycles. The number of carbonyl (C=O) groups excluding carboxylic acids is 4. The monoisotopic (exact) mass is 688 g/mol. The summed E-state index contributed by atoms with van der Waals surface area (Å²) in [6.45, 7) is 6.18. The SMILES string of the molecule is CC(=O)SCc1cc(C#Cc2ccc(C#Cc3cc(CSC(C)=O)cc(CSC(C)=O)c3)c3nsnc23)cc(CSC(C)=O)c1. The molecule has 0 fully saturated rings. The van der Waals surface area contributed by atoms with Crippen molar-refractivity contribution in [2.45, 2.75) is 50.7 Å². The molecule has 0 aliphatic carbocycles. The summed E-state index contributed by atoms with van der Waals surface area (Å²) in [7, 11) is 0. The Kier molecular flexibility index (Phi) is 12.9. The van der Waals surface area contributed by atoms with E-state index < -0.39 is 0 Å². The molecule has 0 N–H and O–H groups in total. The number of thioether (sulfide) groups is 4. The predicted octanol–water partition coefficient (Wildman–Crippen LogP) is 7.61. The number of nitrogens with zero attached hydrogens (tertiary/aromatic N) is 2. The molecule has 0 aliphatic heterocycles. The number of hydrogen-bond acceptors (Lipinski definition) is 11. The van der Waals surface area contributed by atoms with E-state index in [2.05, 4.69) is 32.4 Å². The van der Waals surface area contributed by atoms with Crippen molar-refractivity contribution in [3.05, 3.63) is 93.0 Å². The average molecular weight is 689 g/mol. The summed E-state index contributed by atoms with van der Waals surface area (Å²) in [4.78, 5) is 46.1. The van der Waals surface area contributed by atoms with E-state index in [0.29, 0.717) is 34.0 Å². The molecule has 3 aromatic carbocycles. The number of carbonyl (C=O) groups is 4. The van der Waals surface area contributed by atoms with Gasteiger partial charge in [-0.15, -0.1) is 0 Å². The molecular weight excluding hydrogens is 661 g/mol. The molecule has 45 heavy (non-hydrogen) atoms. The van der Waals surface area contributed by atoms with Crippen LogP contribution in [0.2, 0.25) is 0 Å². The third-order valence-electron chi connectivity index (χ3n) is 5.97. The van der Waals surface area contributed by atoms with Crippen LogP contribution in [0.3, 0.4) is 0 Å². The zero-order chi connectivity index (χ0) is 32.3. The van der Waals surface area contributed by atoms with E-state index in [1.807, 2.05) is 48.5 Å². The van der Waals surface area contributed by atoms with Gasteiger partial charge in [0.2, 0.25) is 0 Å². The fraction of sp³-hybridized carbons (Fsp3) is 0.235. The zero-order valence-corrected chi connectivity index (χ0v) is 29.1. The molecule has 1 heterocycles. The van der Waals surface area contributed by atoms with E-state index in [-0.39, 0.29) is 20.5 Å². The van der Waals surface area contributed by atoms with Crippen LogP contribution >= 0.6 is 58.8 Å². The van der Waals surface area contributed by atoms with E-state index in [1.165, 1.54) is 47.0 Å². The Bertz CT molecular complexity index is 1700. The Morgan fingerprint density at radius 3 is 1.13 bits per heavy atom. The smallest absolute Gasteiger partial charge is 0.186 e. The first-order valence-corrected chi connectivity index (χ1v) is 18.3. The molecule has 0 radical (unpaired) electrons. The molecule has 1 aromatic heterocycles. The predicted molar refractivity (Wildman–Crippen MR) is 190 cm³/mol. The average Bonchev–Trinajstić information content (AvgIpc) is 3.49. The van der Waals surface area contributed by atoms with Crippen LogP contribution in [0.5, 0.6) is 0 Å². The van der Waals surface area contributed by atoms with E-state index in [9.17, 15) is 19.2 Å². The Hall–Kier alpha value is -3.32. The zero-order valence-electron chi connectivity index (χ0n) is 25.0. The van der Waals surface area contributed by atoms with E-state index in [1.54, 1.807) is 27.7 Å². The minimum absolute atomic E-state index is 0.0416. The highest BCUT2D eigenvalue weighted by atomic mass is 32.2. The molecule has 0 saturated heterocycles. The summed E-state index contributed by atoms with van der Waals surface area (Å²) in [6.07, 6.45) is 0. The summed E-state index contributed by atoms with van der Waals surface area (Å²) < 4.78 is 9.00. The topological polar surface area (TPSA) is 94.1 Å². The molecule has 0 amide bonds. The van der Waals surface area contributed by atoms with Crippen molar-refractivity contribution < 1.29 is 19.2 Å². The quantitative estimate of drug-likeness (QED) is 0.172. The van der Waals surface area contributed by atoms with Crippen molar-refractivity contribution in [2.24, 2.45) is 0 Å². The van der Waals surface area contributed by atoms with Crippen LogP contribution in [0.1, 0.15) is 72.2 Å². The summed E-state index contributed by atoms with van der Waals surface area (Å²) in [5.41, 5.74) is 8.24. The molecule has 0 bridgehead atoms. The Morgan fingerprint density at radius 2 is 0.844 bits per heavy atom. The van der Waals surface area contributed by atoms with Crippen LogP contribution in [0.25, 0.3) is 11.0 Å². The van der Waals surface area contributed by atoms with Crippen LogP contribution in [0, 0.1) is 23.7 Å². The second kappa shape index (κ2) is 16.8. The highest BCUT2D eigenvalue weighted by Crippen LogP contribution is 2.24. The van der Waals surface area contributed by atoms with E-state index in [4.69, 9.17) is 0 Å². The van der Waals surface area contributed by atoms with Gasteiger partial charge in [-0.25, -0.2) is 0 Å². The maximum atomic E-state index is 11.5. The third-order valence-corrected chi connectivity index (χ3v) is 10.0. The van der Waals surface area contributed by atoms with Gasteiger partial charge in [0.25, 0.3) is 0 Å². The van der Waals surface area contributed by atoms with Gasteiger partial charge in [-0.2, -0.15) is 8.75 Å². The summed E-state index contributed by atoms with van der Waals surface area (Å²) in [5, 5.41) is 0.166. The molecule has 228 valence electrons. The van der Waals surface area contributed by atoms with E-state index in [0.717, 1.165) is 56.2 Å². The molecule has 6 nitrogen and oxygen atoms in total. The lowest BCUT2D eigenvalue weighted by Gasteiger charge is -2.06. The van der Waals surface area contributed by atoms with Crippen LogP contribution in [0.4, 0.5) is 0 Å². The Morgan fingerprint density at radius 1 is 0.533 bits per heavy atom. The summed E-state index contributed by atoms with van der Waals surface area (Å²) in [6, 6.07) is 15.7. The number of hydrogen-bond donors (Lipinski definition) is 0. The number of fused-ring (bicyclic) bond motifs is 1. The first-order valence-electron chi connectivity index (χ1n) is 13.6. The first kappa shape index (κ1) is 34.6. The Balaban J connectivity index is 1.64. The van der Waals surface area contributed by atoms with Crippen LogP contribution in [0.15, 0.2) is 48.5 Å². The third kappa shape index (κ3) is 11.2. The molecular formula is C34H28N2O4S5. The standard InChI is InChI=1S/C34H28N2O4S5/c1-21(37)41-17-27-11-25(12-28(15-27)18-42-22(2)38)5-7-31-9-10-32(34-33(31)35-45-36-34)8-6-26-13-29(19-43-23(3)39)16-30(14-26)20-44-24(4)40/h9-16H,17-20H2,1-4H3. The largest absolute Gasteiger partial charge is 0.288 e. The molecule has 0 unspecified atom stereocenters. The van der Waals surface area contributed by atoms with Crippen molar-refractivity contribution in [1.29, 1.82) is 0 Å². The molecule has 4 aromatic rings. The van der Waals surface area contributed by atoms with Gasteiger partial charge in [0.1, 0.15) is 11.0 Å². The number of rotatable bonds is 8. The van der Waals surface area contributed by atoms with Crippen molar-refractivity contribution in [2.75, 3.05) is 0 Å². The molecule has 4 rings (SSSR count). The molecule has 0 atom stereocenters. The maximum absolute atomic E-state index is 11.5. The Labute approximate surface area is 284 Å². The van der Waals surface area contributed by atoms with Crippen molar-refractivity contribution in [3.8, 4) is 23.7 Å². The van der Waals surface area contributed by atoms with Gasteiger partial charge >= 0.3 is 0 Å². The molecule has 11 heteroatoms. The van der Waals surface area contributed by atoms with E-state index >= 15 is 0 Å². The fourth-order valence-electron chi connectivity index (χ4n) is 4.09. The molecule has 0 aliphatic rings. The summed E-state index contributed by atoms with van der Waals surface area (Å²) in [5.74, 6) is 15.1. The first-order chi connectivity index (χ1) is 21.5. The fourth-order valence-corrected chi connectivity index (χ4v) is 6.81. The van der Waals surface area contributed by atoms with Crippen molar-refractivity contribution in [1.82, 2.24) is 8.75 Å². The van der Waals surface area contributed by atoms with Crippen LogP contribution < -0.4 is 0 Å². The van der Waals surface area contributed by atoms with Crippen molar-refractivity contribution >= 4 is 90.3 Å². The van der Waals surface area contributed by atoms with Crippen molar-refractivity contribution in [3.63, 3.8) is 0 Å². The van der Waals surface area contributed by atoms with Gasteiger partial charge < -0.3 is 0 Å². The van der Waals surface area contributed by atoms with Gasteiger partial charge in [0.15, 0.2) is 20.5 Å². The van der Waals surface area contributed by atoms with Gasteiger partial charge in [0, 0.05) is 61.8 Å². The number of aromatic nitrogens is 2. The van der Waals surface area contributed by atoms with Gasteiger partial charge in [-0.05, 0) is 58.7 Å². The van der Waals surface area contributed by atoms with Crippen LogP contribution in [-0.4, -0.2) is 29.2 Å². The van der Waals surface area contributed by atoms with Gasteiger partial charge in [-0.3, -0.25) is 19.2 Å². The highest BCUT2D eigenvalue weighted by molar-refractivity contribution is 8.13. The lowest BCUT2D eigenvalue weighted by Crippen LogP contribution is -1.93.